The van der Waals surface area contributed by atoms with Gasteiger partial charge in [0.25, 0.3) is 0 Å². The molecule has 10 heavy (non-hydrogen) atoms. The minimum Gasteiger partial charge on any atom is -0.392 e. The summed E-state index contributed by atoms with van der Waals surface area (Å²) < 4.78 is 0. The first-order valence-corrected chi connectivity index (χ1v) is 3.34. The van der Waals surface area contributed by atoms with Gasteiger partial charge in [-0.15, -0.1) is 6.58 Å². The fourth-order valence-electron chi connectivity index (χ4n) is 0.806. The van der Waals surface area contributed by atoms with Crippen molar-refractivity contribution in [3.8, 4) is 0 Å². The number of hydrogen-bond donors (Lipinski definition) is 1. The molecule has 2 heteroatoms. The normalized spacial score (nSPS) is 12.7. The Labute approximate surface area is 61.6 Å². The zero-order valence-corrected chi connectivity index (χ0v) is 6.55. The van der Waals surface area contributed by atoms with E-state index in [2.05, 4.69) is 6.58 Å². The molecule has 0 aromatic carbocycles. The average Bonchev–Trinajstić information content (AvgIpc) is 1.58. The van der Waals surface area contributed by atoms with Crippen LogP contribution in [0.5, 0.6) is 0 Å². The summed E-state index contributed by atoms with van der Waals surface area (Å²) in [4.78, 5) is 10.4. The summed E-state index contributed by atoms with van der Waals surface area (Å²) >= 11 is 0. The van der Waals surface area contributed by atoms with Crippen LogP contribution < -0.4 is 0 Å². The molecule has 0 unspecified atom stereocenters. The molecule has 0 saturated heterocycles. The summed E-state index contributed by atoms with van der Waals surface area (Å²) in [6, 6.07) is 0. The molecule has 0 radical (unpaired) electrons. The fraction of sp³-hybridized carbons (Fsp3) is 0.625. The van der Waals surface area contributed by atoms with Gasteiger partial charge >= 0.3 is 0 Å². The third-order valence-electron chi connectivity index (χ3n) is 1.11. The lowest BCUT2D eigenvalue weighted by molar-refractivity contribution is -0.118. The van der Waals surface area contributed by atoms with Crippen molar-refractivity contribution in [1.29, 1.82) is 0 Å². The predicted molar refractivity (Wildman–Crippen MR) is 40.7 cm³/mol. The lowest BCUT2D eigenvalue weighted by atomic mass is 10.1. The Bertz CT molecular complexity index is 122. The number of ketones is 1. The van der Waals surface area contributed by atoms with E-state index in [-0.39, 0.29) is 12.2 Å². The summed E-state index contributed by atoms with van der Waals surface area (Å²) in [6.45, 7) is 6.94. The van der Waals surface area contributed by atoms with Crippen molar-refractivity contribution in [2.45, 2.75) is 32.8 Å². The van der Waals surface area contributed by atoms with E-state index in [1.54, 1.807) is 0 Å². The quantitative estimate of drug-likeness (QED) is 0.600. The van der Waals surface area contributed by atoms with Gasteiger partial charge in [0.15, 0.2) is 0 Å². The van der Waals surface area contributed by atoms with Crippen LogP contribution in [-0.2, 0) is 4.79 Å². The Morgan fingerprint density at radius 3 is 2.30 bits per heavy atom. The maximum absolute atomic E-state index is 10.4. The summed E-state index contributed by atoms with van der Waals surface area (Å²) in [6.07, 6.45) is 0.238. The Kier molecular flexibility index (Phi) is 3.96. The molecular weight excluding hydrogens is 128 g/mol. The van der Waals surface area contributed by atoms with Crippen molar-refractivity contribution in [3.63, 3.8) is 0 Å². The molecule has 0 saturated carbocycles. The Hall–Kier alpha value is -0.630. The topological polar surface area (TPSA) is 37.3 Å². The second-order valence-electron chi connectivity index (χ2n) is 2.72. The van der Waals surface area contributed by atoms with Crippen LogP contribution in [0.1, 0.15) is 26.7 Å². The minimum absolute atomic E-state index is 0.0220. The highest BCUT2D eigenvalue weighted by molar-refractivity contribution is 5.75. The molecule has 0 fully saturated rings. The zero-order valence-electron chi connectivity index (χ0n) is 6.55. The molecule has 0 aromatic rings. The highest BCUT2D eigenvalue weighted by Crippen LogP contribution is 2.05. The van der Waals surface area contributed by atoms with E-state index in [1.807, 2.05) is 6.92 Å². The summed E-state index contributed by atoms with van der Waals surface area (Å²) in [5.41, 5.74) is 0.911. The lowest BCUT2D eigenvalue weighted by Crippen LogP contribution is -2.10. The first-order valence-electron chi connectivity index (χ1n) is 3.34. The van der Waals surface area contributed by atoms with Crippen molar-refractivity contribution in [1.82, 2.24) is 0 Å². The third-order valence-corrected chi connectivity index (χ3v) is 1.11. The van der Waals surface area contributed by atoms with E-state index < -0.39 is 6.10 Å². The van der Waals surface area contributed by atoms with Crippen LogP contribution >= 0.6 is 0 Å². The predicted octanol–water partition coefficient (Wildman–Crippen LogP) is 1.29. The molecule has 0 aliphatic carbocycles. The number of Topliss-reactive ketones (excluding diaryl/α,β-unsaturated/α-hetero) is 1. The van der Waals surface area contributed by atoms with Gasteiger partial charge in [-0.1, -0.05) is 5.57 Å². The van der Waals surface area contributed by atoms with Crippen LogP contribution in [0.2, 0.25) is 0 Å². The zero-order chi connectivity index (χ0) is 8.15. The van der Waals surface area contributed by atoms with Crippen LogP contribution in [0.15, 0.2) is 12.2 Å². The van der Waals surface area contributed by atoms with Gasteiger partial charge in [-0.3, -0.25) is 4.79 Å². The maximum Gasteiger partial charge on any atom is 0.132 e. The first kappa shape index (κ1) is 9.37. The molecule has 0 spiro atoms. The molecule has 0 aromatic heterocycles. The third kappa shape index (κ3) is 5.51. The van der Waals surface area contributed by atoms with Crippen LogP contribution in [0.25, 0.3) is 0 Å². The standard InChI is InChI=1S/C8H14O2/c1-6(2)4-8(10)5-7(3)9/h8,10H,1,4-5H2,2-3H3/t8-/m1/s1. The lowest BCUT2D eigenvalue weighted by Gasteiger charge is -2.06. The number of aliphatic hydroxyl groups excluding tert-OH is 1. The van der Waals surface area contributed by atoms with E-state index >= 15 is 0 Å². The number of aliphatic hydroxyl groups is 1. The summed E-state index contributed by atoms with van der Waals surface area (Å²) in [7, 11) is 0. The molecule has 58 valence electrons. The second-order valence-corrected chi connectivity index (χ2v) is 2.72. The van der Waals surface area contributed by atoms with Gasteiger partial charge in [0, 0.05) is 6.42 Å². The molecule has 1 N–H and O–H groups in total. The van der Waals surface area contributed by atoms with Crippen molar-refractivity contribution < 1.29 is 9.90 Å². The van der Waals surface area contributed by atoms with Crippen molar-refractivity contribution >= 4 is 5.78 Å². The average molecular weight is 142 g/mol. The van der Waals surface area contributed by atoms with E-state index in [0.717, 1.165) is 5.57 Å². The van der Waals surface area contributed by atoms with E-state index in [4.69, 9.17) is 5.11 Å². The highest BCUT2D eigenvalue weighted by Gasteiger charge is 2.05. The van der Waals surface area contributed by atoms with Gasteiger partial charge in [0.1, 0.15) is 5.78 Å². The van der Waals surface area contributed by atoms with Gasteiger partial charge in [0.05, 0.1) is 6.10 Å². The smallest absolute Gasteiger partial charge is 0.132 e. The van der Waals surface area contributed by atoms with Gasteiger partial charge < -0.3 is 5.11 Å². The van der Waals surface area contributed by atoms with Crippen molar-refractivity contribution in [2.24, 2.45) is 0 Å². The van der Waals surface area contributed by atoms with Crippen molar-refractivity contribution in [2.75, 3.05) is 0 Å². The number of carbonyl (C=O) groups is 1. The minimum atomic E-state index is -0.532. The van der Waals surface area contributed by atoms with Crippen molar-refractivity contribution in [3.05, 3.63) is 12.2 Å². The number of hydrogen-bond acceptors (Lipinski definition) is 2. The van der Waals surface area contributed by atoms with Gasteiger partial charge in [-0.2, -0.15) is 0 Å². The molecule has 0 bridgehead atoms. The van der Waals surface area contributed by atoms with Gasteiger partial charge in [0.2, 0.25) is 0 Å². The molecule has 0 aliphatic heterocycles. The SMILES string of the molecule is C=C(C)C[C@@H](O)CC(C)=O. The molecular formula is C8H14O2. The van der Waals surface area contributed by atoms with E-state index in [0.29, 0.717) is 6.42 Å². The van der Waals surface area contributed by atoms with Crippen LogP contribution in [0.4, 0.5) is 0 Å². The largest absolute Gasteiger partial charge is 0.392 e. The molecule has 0 amide bonds. The molecule has 0 aliphatic rings. The highest BCUT2D eigenvalue weighted by atomic mass is 16.3. The van der Waals surface area contributed by atoms with Crippen LogP contribution in [0.3, 0.4) is 0 Å². The molecule has 0 heterocycles. The fourth-order valence-corrected chi connectivity index (χ4v) is 0.806. The monoisotopic (exact) mass is 142 g/mol. The van der Waals surface area contributed by atoms with Gasteiger partial charge in [-0.05, 0) is 20.3 Å². The van der Waals surface area contributed by atoms with Gasteiger partial charge in [-0.25, -0.2) is 0 Å². The van der Waals surface area contributed by atoms with Crippen LogP contribution in [0, 0.1) is 0 Å². The Morgan fingerprint density at radius 1 is 1.50 bits per heavy atom. The number of carbonyl (C=O) groups excluding carboxylic acids is 1. The maximum atomic E-state index is 10.4. The second kappa shape index (κ2) is 4.23. The molecule has 0 rings (SSSR count). The molecule has 2 nitrogen and oxygen atoms in total. The molecule has 1 atom stereocenters. The first-order chi connectivity index (χ1) is 4.52. The Morgan fingerprint density at radius 2 is 2.00 bits per heavy atom. The van der Waals surface area contributed by atoms with E-state index in [1.165, 1.54) is 6.92 Å². The van der Waals surface area contributed by atoms with E-state index in [9.17, 15) is 4.79 Å². The summed E-state index contributed by atoms with van der Waals surface area (Å²) in [5, 5.41) is 9.11. The Balaban J connectivity index is 3.53. The van der Waals surface area contributed by atoms with Crippen LogP contribution in [-0.4, -0.2) is 17.0 Å². The number of rotatable bonds is 4. The summed E-state index contributed by atoms with van der Waals surface area (Å²) in [5.74, 6) is 0.0220.